The monoisotopic (exact) mass is 404 g/mol. The van der Waals surface area contributed by atoms with Crippen molar-refractivity contribution in [3.8, 4) is 11.5 Å². The molecule has 154 valence electrons. The number of rotatable bonds is 3. The molecule has 1 aliphatic carbocycles. The maximum absolute atomic E-state index is 12.7. The molecule has 7 heteroatoms. The number of ether oxygens (including phenoxy) is 1. The lowest BCUT2D eigenvalue weighted by atomic mass is 9.99. The van der Waals surface area contributed by atoms with Crippen molar-refractivity contribution in [2.75, 3.05) is 6.54 Å². The van der Waals surface area contributed by atoms with Gasteiger partial charge in [-0.25, -0.2) is 4.79 Å². The first-order valence-electron chi connectivity index (χ1n) is 9.91. The maximum Gasteiger partial charge on any atom is 0.416 e. The topological polar surface area (TPSA) is 41.6 Å². The number of carbonyl (C=O) groups is 1. The summed E-state index contributed by atoms with van der Waals surface area (Å²) in [5, 5.41) is 3.12. The van der Waals surface area contributed by atoms with Crippen LogP contribution in [0.4, 0.5) is 18.0 Å². The smallest absolute Gasteiger partial charge is 0.416 e. The van der Waals surface area contributed by atoms with Gasteiger partial charge in [-0.05, 0) is 55.2 Å². The molecule has 0 saturated heterocycles. The van der Waals surface area contributed by atoms with Gasteiger partial charge in [0.05, 0.1) is 5.56 Å². The number of benzene rings is 2. The largest absolute Gasteiger partial charge is 0.457 e. The van der Waals surface area contributed by atoms with E-state index in [0.29, 0.717) is 31.0 Å². The predicted molar refractivity (Wildman–Crippen MR) is 103 cm³/mol. The third-order valence-corrected chi connectivity index (χ3v) is 5.60. The molecule has 2 aromatic rings. The summed E-state index contributed by atoms with van der Waals surface area (Å²) in [5.74, 6) is 0.978. The second-order valence-electron chi connectivity index (χ2n) is 7.62. The number of nitrogens with one attached hydrogen (secondary N) is 1. The van der Waals surface area contributed by atoms with Crippen LogP contribution in [0, 0.1) is 0 Å². The molecular weight excluding hydrogens is 381 g/mol. The molecule has 0 bridgehead atoms. The number of fused-ring (bicyclic) bond motifs is 1. The number of urea groups is 1. The van der Waals surface area contributed by atoms with E-state index >= 15 is 0 Å². The Balaban J connectivity index is 1.45. The Hall–Kier alpha value is -2.70. The summed E-state index contributed by atoms with van der Waals surface area (Å²) in [6, 6.07) is 10.5. The SMILES string of the molecule is O=C(NC1CCCC1)N1CCc2c(cccc2Oc2ccc(C(F)(F)F)cc2)C1. The van der Waals surface area contributed by atoms with Gasteiger partial charge in [-0.2, -0.15) is 13.2 Å². The zero-order valence-corrected chi connectivity index (χ0v) is 16.0. The minimum absolute atomic E-state index is 0.0309. The molecular formula is C22H23F3N2O2. The van der Waals surface area contributed by atoms with Crippen molar-refractivity contribution >= 4 is 6.03 Å². The van der Waals surface area contributed by atoms with Gasteiger partial charge < -0.3 is 15.0 Å². The number of nitrogens with zero attached hydrogens (tertiary/aromatic N) is 1. The molecule has 4 nitrogen and oxygen atoms in total. The molecule has 1 heterocycles. The van der Waals surface area contributed by atoms with Crippen molar-refractivity contribution in [3.63, 3.8) is 0 Å². The van der Waals surface area contributed by atoms with Crippen LogP contribution < -0.4 is 10.1 Å². The van der Waals surface area contributed by atoms with Gasteiger partial charge in [0, 0.05) is 24.7 Å². The zero-order valence-electron chi connectivity index (χ0n) is 16.0. The Morgan fingerprint density at radius 1 is 1.07 bits per heavy atom. The van der Waals surface area contributed by atoms with Crippen LogP contribution in [-0.4, -0.2) is 23.5 Å². The van der Waals surface area contributed by atoms with Crippen LogP contribution in [0.25, 0.3) is 0 Å². The quantitative estimate of drug-likeness (QED) is 0.733. The molecule has 1 fully saturated rings. The van der Waals surface area contributed by atoms with Gasteiger partial charge in [0.25, 0.3) is 0 Å². The first-order valence-corrected chi connectivity index (χ1v) is 9.91. The van der Waals surface area contributed by atoms with Crippen LogP contribution in [0.2, 0.25) is 0 Å². The number of hydrogen-bond acceptors (Lipinski definition) is 2. The highest BCUT2D eigenvalue weighted by Crippen LogP contribution is 2.34. The Kier molecular flexibility index (Phi) is 5.39. The van der Waals surface area contributed by atoms with Crippen LogP contribution in [0.15, 0.2) is 42.5 Å². The molecule has 0 unspecified atom stereocenters. The second kappa shape index (κ2) is 7.97. The van der Waals surface area contributed by atoms with E-state index in [4.69, 9.17) is 4.74 Å². The lowest BCUT2D eigenvalue weighted by Gasteiger charge is -2.31. The van der Waals surface area contributed by atoms with Gasteiger partial charge >= 0.3 is 12.2 Å². The highest BCUT2D eigenvalue weighted by molar-refractivity contribution is 5.75. The fraction of sp³-hybridized carbons (Fsp3) is 0.409. The fourth-order valence-electron chi connectivity index (χ4n) is 4.02. The maximum atomic E-state index is 12.7. The number of carbonyl (C=O) groups excluding carboxylic acids is 1. The van der Waals surface area contributed by atoms with Crippen LogP contribution in [0.1, 0.15) is 42.4 Å². The summed E-state index contributed by atoms with van der Waals surface area (Å²) in [6.45, 7) is 1.08. The highest BCUT2D eigenvalue weighted by Gasteiger charge is 2.30. The molecule has 2 aliphatic rings. The van der Waals surface area contributed by atoms with E-state index in [1.54, 1.807) is 0 Å². The third-order valence-electron chi connectivity index (χ3n) is 5.60. The number of halogens is 3. The van der Waals surface area contributed by atoms with E-state index in [-0.39, 0.29) is 12.1 Å². The van der Waals surface area contributed by atoms with Gasteiger partial charge in [-0.15, -0.1) is 0 Å². The summed E-state index contributed by atoms with van der Waals surface area (Å²) in [5.41, 5.74) is 1.29. The van der Waals surface area contributed by atoms with E-state index in [2.05, 4.69) is 5.32 Å². The summed E-state index contributed by atoms with van der Waals surface area (Å²) >= 11 is 0. The van der Waals surface area contributed by atoms with Crippen molar-refractivity contribution in [1.82, 2.24) is 10.2 Å². The highest BCUT2D eigenvalue weighted by atomic mass is 19.4. The third kappa shape index (κ3) is 4.49. The molecule has 1 N–H and O–H groups in total. The Morgan fingerprint density at radius 3 is 2.48 bits per heavy atom. The van der Waals surface area contributed by atoms with Gasteiger partial charge in [0.1, 0.15) is 11.5 Å². The Bertz CT molecular complexity index is 875. The summed E-state index contributed by atoms with van der Waals surface area (Å²) in [4.78, 5) is 14.4. The summed E-state index contributed by atoms with van der Waals surface area (Å²) in [7, 11) is 0. The normalized spacial score (nSPS) is 17.1. The zero-order chi connectivity index (χ0) is 20.4. The van der Waals surface area contributed by atoms with Gasteiger partial charge in [0.2, 0.25) is 0 Å². The van der Waals surface area contributed by atoms with E-state index in [1.807, 2.05) is 23.1 Å². The fourth-order valence-corrected chi connectivity index (χ4v) is 4.02. The number of hydrogen-bond donors (Lipinski definition) is 1. The van der Waals surface area contributed by atoms with Crippen LogP contribution in [0.5, 0.6) is 11.5 Å². The molecule has 0 atom stereocenters. The molecule has 0 aromatic heterocycles. The molecule has 1 saturated carbocycles. The Morgan fingerprint density at radius 2 is 1.79 bits per heavy atom. The number of alkyl halides is 3. The van der Waals surface area contributed by atoms with Gasteiger partial charge in [-0.3, -0.25) is 0 Å². The molecule has 2 amide bonds. The van der Waals surface area contributed by atoms with Crippen LogP contribution in [-0.2, 0) is 19.1 Å². The van der Waals surface area contributed by atoms with Crippen molar-refractivity contribution in [3.05, 3.63) is 59.2 Å². The lowest BCUT2D eigenvalue weighted by Crippen LogP contribution is -2.46. The molecule has 1 aliphatic heterocycles. The van der Waals surface area contributed by atoms with Crippen molar-refractivity contribution in [1.29, 1.82) is 0 Å². The average molecular weight is 404 g/mol. The molecule has 0 spiro atoms. The molecule has 29 heavy (non-hydrogen) atoms. The second-order valence-corrected chi connectivity index (χ2v) is 7.62. The lowest BCUT2D eigenvalue weighted by molar-refractivity contribution is -0.137. The van der Waals surface area contributed by atoms with Crippen molar-refractivity contribution in [2.45, 2.75) is 50.9 Å². The first kappa shape index (κ1) is 19.6. The van der Waals surface area contributed by atoms with Crippen LogP contribution >= 0.6 is 0 Å². The van der Waals surface area contributed by atoms with Crippen molar-refractivity contribution < 1.29 is 22.7 Å². The summed E-state index contributed by atoms with van der Waals surface area (Å²) < 4.78 is 44.0. The number of amides is 2. The van der Waals surface area contributed by atoms with Gasteiger partial charge in [-0.1, -0.05) is 25.0 Å². The minimum Gasteiger partial charge on any atom is -0.457 e. The van der Waals surface area contributed by atoms with E-state index < -0.39 is 11.7 Å². The van der Waals surface area contributed by atoms with Crippen molar-refractivity contribution in [2.24, 2.45) is 0 Å². The first-order chi connectivity index (χ1) is 13.9. The molecule has 2 aromatic carbocycles. The van der Waals surface area contributed by atoms with Gasteiger partial charge in [0.15, 0.2) is 0 Å². The Labute approximate surface area is 167 Å². The van der Waals surface area contributed by atoms with Crippen LogP contribution in [0.3, 0.4) is 0 Å². The molecule has 4 rings (SSSR count). The van der Waals surface area contributed by atoms with E-state index in [1.165, 1.54) is 25.0 Å². The predicted octanol–water partition coefficient (Wildman–Crippen LogP) is 5.51. The minimum atomic E-state index is -4.37. The standard InChI is InChI=1S/C22H23F3N2O2/c23-22(24,25)16-8-10-18(11-9-16)29-20-7-3-4-15-14-27(13-12-19(15)20)21(28)26-17-5-1-2-6-17/h3-4,7-11,17H,1-2,5-6,12-14H2,(H,26,28). The summed E-state index contributed by atoms with van der Waals surface area (Å²) in [6.07, 6.45) is 0.691. The van der Waals surface area contributed by atoms with E-state index in [0.717, 1.165) is 36.1 Å². The van der Waals surface area contributed by atoms with E-state index in [9.17, 15) is 18.0 Å². The molecule has 0 radical (unpaired) electrons. The average Bonchev–Trinajstić information content (AvgIpc) is 3.20.